The number of aromatic nitrogens is 3. The zero-order chi connectivity index (χ0) is 24.1. The molecule has 9 nitrogen and oxygen atoms in total. The highest BCUT2D eigenvalue weighted by Crippen LogP contribution is 2.41. The standard InChI is InChI=1S/C20H23F3N4O5S/c1-10-16-14(19(29)32-11(2)18(28)24-9-20(21,22)23)7-15(12-3-4-12)25-17(16)27(26-10)13-5-6-33(30,31)8-13/h7,11-13H,3-6,8-9H2,1-2H3,(H,24,28). The molecule has 1 aliphatic heterocycles. The van der Waals surface area contributed by atoms with E-state index in [1.54, 1.807) is 18.3 Å². The fourth-order valence-electron chi connectivity index (χ4n) is 3.91. The third kappa shape index (κ3) is 5.12. The lowest BCUT2D eigenvalue weighted by Gasteiger charge is -2.15. The van der Waals surface area contributed by atoms with Gasteiger partial charge in [-0.1, -0.05) is 0 Å². The van der Waals surface area contributed by atoms with Crippen LogP contribution in [0.1, 0.15) is 59.9 Å². The van der Waals surface area contributed by atoms with Gasteiger partial charge in [-0.15, -0.1) is 0 Å². The van der Waals surface area contributed by atoms with Gasteiger partial charge >= 0.3 is 12.1 Å². The lowest BCUT2D eigenvalue weighted by atomic mass is 10.1. The highest BCUT2D eigenvalue weighted by atomic mass is 32.2. The normalized spacial score (nSPS) is 21.2. The molecule has 2 atom stereocenters. The van der Waals surface area contributed by atoms with Crippen LogP contribution in [-0.4, -0.2) is 65.4 Å². The number of halogens is 3. The number of carbonyl (C=O) groups is 2. The molecule has 33 heavy (non-hydrogen) atoms. The minimum Gasteiger partial charge on any atom is -0.449 e. The molecule has 2 aromatic heterocycles. The van der Waals surface area contributed by atoms with Gasteiger partial charge in [-0.05, 0) is 39.2 Å². The van der Waals surface area contributed by atoms with Gasteiger partial charge in [0, 0.05) is 11.6 Å². The molecule has 1 N–H and O–H groups in total. The number of hydrogen-bond acceptors (Lipinski definition) is 7. The van der Waals surface area contributed by atoms with Crippen LogP contribution >= 0.6 is 0 Å². The van der Waals surface area contributed by atoms with E-state index in [1.807, 2.05) is 0 Å². The summed E-state index contributed by atoms with van der Waals surface area (Å²) >= 11 is 0. The highest BCUT2D eigenvalue weighted by Gasteiger charge is 2.35. The lowest BCUT2D eigenvalue weighted by Crippen LogP contribution is -2.40. The van der Waals surface area contributed by atoms with E-state index in [0.29, 0.717) is 28.8 Å². The number of carbonyl (C=O) groups excluding carboxylic acids is 2. The van der Waals surface area contributed by atoms with Crippen molar-refractivity contribution in [2.24, 2.45) is 0 Å². The van der Waals surface area contributed by atoms with Gasteiger partial charge in [-0.2, -0.15) is 18.3 Å². The number of nitrogens with one attached hydrogen (secondary N) is 1. The molecular formula is C20H23F3N4O5S. The van der Waals surface area contributed by atoms with E-state index >= 15 is 0 Å². The summed E-state index contributed by atoms with van der Waals surface area (Å²) in [5.74, 6) is -1.85. The average molecular weight is 488 g/mol. The zero-order valence-corrected chi connectivity index (χ0v) is 18.8. The summed E-state index contributed by atoms with van der Waals surface area (Å²) in [6, 6.07) is 1.15. The molecule has 4 rings (SSSR count). The van der Waals surface area contributed by atoms with Crippen molar-refractivity contribution in [2.75, 3.05) is 18.1 Å². The molecule has 13 heteroatoms. The largest absolute Gasteiger partial charge is 0.449 e. The van der Waals surface area contributed by atoms with Gasteiger partial charge < -0.3 is 10.1 Å². The van der Waals surface area contributed by atoms with Crippen LogP contribution < -0.4 is 5.32 Å². The fraction of sp³-hybridized carbons (Fsp3) is 0.600. The van der Waals surface area contributed by atoms with Crippen LogP contribution in [0.2, 0.25) is 0 Å². The molecule has 1 saturated heterocycles. The van der Waals surface area contributed by atoms with Crippen molar-refractivity contribution in [2.45, 2.75) is 57.3 Å². The second-order valence-electron chi connectivity index (χ2n) is 8.53. The molecule has 0 aromatic carbocycles. The van der Waals surface area contributed by atoms with E-state index < -0.39 is 46.6 Å². The van der Waals surface area contributed by atoms with E-state index in [-0.39, 0.29) is 23.0 Å². The van der Waals surface area contributed by atoms with E-state index in [1.165, 1.54) is 11.6 Å². The first kappa shape index (κ1) is 23.5. The number of amides is 1. The summed E-state index contributed by atoms with van der Waals surface area (Å²) in [5, 5.41) is 6.51. The summed E-state index contributed by atoms with van der Waals surface area (Å²) in [5.41, 5.74) is 1.53. The molecule has 1 saturated carbocycles. The summed E-state index contributed by atoms with van der Waals surface area (Å²) in [7, 11) is -3.19. The lowest BCUT2D eigenvalue weighted by molar-refractivity contribution is -0.143. The molecule has 2 unspecified atom stereocenters. The van der Waals surface area contributed by atoms with Crippen molar-refractivity contribution in [1.82, 2.24) is 20.1 Å². The van der Waals surface area contributed by atoms with Crippen molar-refractivity contribution in [3.8, 4) is 0 Å². The first-order valence-corrected chi connectivity index (χ1v) is 12.3. The van der Waals surface area contributed by atoms with Gasteiger partial charge in [-0.3, -0.25) is 4.79 Å². The fourth-order valence-corrected chi connectivity index (χ4v) is 5.61. The predicted octanol–water partition coefficient (Wildman–Crippen LogP) is 2.20. The SMILES string of the molecule is Cc1nn(C2CCS(=O)(=O)C2)c2nc(C3CC3)cc(C(=O)OC(C)C(=O)NCC(F)(F)F)c12. The number of rotatable bonds is 6. The van der Waals surface area contributed by atoms with E-state index in [4.69, 9.17) is 4.74 Å². The van der Waals surface area contributed by atoms with Crippen molar-refractivity contribution in [3.05, 3.63) is 23.0 Å². The van der Waals surface area contributed by atoms with Crippen LogP contribution in [0.3, 0.4) is 0 Å². The zero-order valence-electron chi connectivity index (χ0n) is 18.0. The number of esters is 1. The van der Waals surface area contributed by atoms with Gasteiger partial charge in [-0.25, -0.2) is 22.9 Å². The monoisotopic (exact) mass is 488 g/mol. The molecule has 0 spiro atoms. The number of hydrogen-bond donors (Lipinski definition) is 1. The Morgan fingerprint density at radius 3 is 2.58 bits per heavy atom. The minimum absolute atomic E-state index is 0.0415. The maximum atomic E-state index is 13.0. The Morgan fingerprint density at radius 1 is 1.30 bits per heavy atom. The third-order valence-corrected chi connectivity index (χ3v) is 7.49. The number of ether oxygens (including phenoxy) is 1. The Kier molecular flexibility index (Phi) is 5.87. The first-order valence-electron chi connectivity index (χ1n) is 10.5. The third-order valence-electron chi connectivity index (χ3n) is 5.74. The van der Waals surface area contributed by atoms with E-state index in [0.717, 1.165) is 12.8 Å². The first-order chi connectivity index (χ1) is 15.3. The summed E-state index contributed by atoms with van der Waals surface area (Å²) in [6.07, 6.45) is -3.90. The smallest absolute Gasteiger partial charge is 0.405 e. The number of pyridine rings is 1. The molecule has 3 heterocycles. The summed E-state index contributed by atoms with van der Waals surface area (Å²) < 4.78 is 67.7. The quantitative estimate of drug-likeness (QED) is 0.619. The van der Waals surface area contributed by atoms with Gasteiger partial charge in [0.2, 0.25) is 0 Å². The van der Waals surface area contributed by atoms with Crippen LogP contribution in [0.4, 0.5) is 13.2 Å². The molecule has 0 bridgehead atoms. The van der Waals surface area contributed by atoms with Gasteiger partial charge in [0.1, 0.15) is 6.54 Å². The molecule has 1 aliphatic carbocycles. The van der Waals surface area contributed by atoms with Crippen LogP contribution in [0.5, 0.6) is 0 Å². The Morgan fingerprint density at radius 2 is 2.00 bits per heavy atom. The number of aryl methyl sites for hydroxylation is 1. The number of nitrogens with zero attached hydrogens (tertiary/aromatic N) is 3. The molecule has 180 valence electrons. The second-order valence-corrected chi connectivity index (χ2v) is 10.8. The van der Waals surface area contributed by atoms with E-state index in [9.17, 15) is 31.2 Å². The maximum absolute atomic E-state index is 13.0. The Labute approximate surface area is 187 Å². The number of fused-ring (bicyclic) bond motifs is 1. The molecular weight excluding hydrogens is 465 g/mol. The van der Waals surface area contributed by atoms with Crippen molar-refractivity contribution < 1.29 is 35.9 Å². The second kappa shape index (κ2) is 8.26. The highest BCUT2D eigenvalue weighted by molar-refractivity contribution is 7.91. The van der Waals surface area contributed by atoms with Crippen molar-refractivity contribution in [1.29, 1.82) is 0 Å². The van der Waals surface area contributed by atoms with Crippen molar-refractivity contribution >= 4 is 32.7 Å². The Hall–Kier alpha value is -2.70. The summed E-state index contributed by atoms with van der Waals surface area (Å²) in [4.78, 5) is 29.6. The average Bonchev–Trinajstić information content (AvgIpc) is 3.44. The number of alkyl halides is 3. The van der Waals surface area contributed by atoms with Crippen molar-refractivity contribution in [3.63, 3.8) is 0 Å². The van der Waals surface area contributed by atoms with Gasteiger partial charge in [0.15, 0.2) is 21.6 Å². The Balaban J connectivity index is 1.65. The topological polar surface area (TPSA) is 120 Å². The molecule has 0 radical (unpaired) electrons. The minimum atomic E-state index is -4.59. The predicted molar refractivity (Wildman–Crippen MR) is 110 cm³/mol. The Bertz CT molecular complexity index is 1220. The van der Waals surface area contributed by atoms with Crippen LogP contribution in [0.25, 0.3) is 11.0 Å². The molecule has 2 fully saturated rings. The maximum Gasteiger partial charge on any atom is 0.405 e. The molecule has 1 amide bonds. The number of sulfone groups is 1. The molecule has 2 aromatic rings. The van der Waals surface area contributed by atoms with Crippen LogP contribution in [0, 0.1) is 6.92 Å². The van der Waals surface area contributed by atoms with Gasteiger partial charge in [0.25, 0.3) is 5.91 Å². The molecule has 2 aliphatic rings. The van der Waals surface area contributed by atoms with E-state index in [2.05, 4.69) is 10.1 Å². The van der Waals surface area contributed by atoms with Crippen LogP contribution in [0.15, 0.2) is 6.07 Å². The summed E-state index contributed by atoms with van der Waals surface area (Å²) in [6.45, 7) is 1.30. The van der Waals surface area contributed by atoms with Gasteiger partial charge in [0.05, 0.1) is 34.2 Å². The van der Waals surface area contributed by atoms with Crippen LogP contribution in [-0.2, 0) is 19.4 Å².